The molecule has 8 heteroatoms. The van der Waals surface area contributed by atoms with Gasteiger partial charge in [-0.15, -0.1) is 0 Å². The van der Waals surface area contributed by atoms with E-state index in [0.717, 1.165) is 5.82 Å². The van der Waals surface area contributed by atoms with Crippen molar-refractivity contribution in [2.75, 3.05) is 43.0 Å². The molecule has 1 fully saturated rings. The summed E-state index contributed by atoms with van der Waals surface area (Å²) < 4.78 is 19.1. The van der Waals surface area contributed by atoms with Gasteiger partial charge in [-0.3, -0.25) is 0 Å². The maximum absolute atomic E-state index is 13.7. The fraction of sp³-hybridized carbons (Fsp3) is 0.389. The highest BCUT2D eigenvalue weighted by Gasteiger charge is 2.23. The molecule has 1 saturated heterocycles. The third-order valence-electron chi connectivity index (χ3n) is 4.10. The van der Waals surface area contributed by atoms with E-state index in [1.807, 2.05) is 19.9 Å². The summed E-state index contributed by atoms with van der Waals surface area (Å²) in [6.45, 7) is 6.58. The van der Waals surface area contributed by atoms with E-state index in [4.69, 9.17) is 4.74 Å². The molecule has 138 valence electrons. The predicted molar refractivity (Wildman–Crippen MR) is 97.1 cm³/mol. The van der Waals surface area contributed by atoms with Crippen molar-refractivity contribution in [3.63, 3.8) is 0 Å². The Kier molecular flexibility index (Phi) is 5.50. The van der Waals surface area contributed by atoms with Gasteiger partial charge in [-0.05, 0) is 26.0 Å². The number of aromatic nitrogens is 2. The predicted octanol–water partition coefficient (Wildman–Crippen LogP) is 2.68. The number of carbonyl (C=O) groups is 1. The Hall–Kier alpha value is -2.90. The number of urea groups is 1. The molecule has 2 aromatic rings. The first-order valence-electron chi connectivity index (χ1n) is 8.60. The van der Waals surface area contributed by atoms with Gasteiger partial charge in [0, 0.05) is 32.2 Å². The highest BCUT2D eigenvalue weighted by Crippen LogP contribution is 2.20. The van der Waals surface area contributed by atoms with Gasteiger partial charge in [0.25, 0.3) is 0 Å². The van der Waals surface area contributed by atoms with Gasteiger partial charge in [0.15, 0.2) is 0 Å². The molecule has 0 saturated carbocycles. The molecule has 0 atom stereocenters. The summed E-state index contributed by atoms with van der Waals surface area (Å²) in [6, 6.07) is 7.65. The third kappa shape index (κ3) is 4.19. The Morgan fingerprint density at radius 3 is 2.65 bits per heavy atom. The molecule has 26 heavy (non-hydrogen) atoms. The lowest BCUT2D eigenvalue weighted by molar-refractivity contribution is 0.208. The fourth-order valence-corrected chi connectivity index (χ4v) is 2.80. The molecule has 0 radical (unpaired) electrons. The van der Waals surface area contributed by atoms with Crippen molar-refractivity contribution in [2.24, 2.45) is 0 Å². The number of para-hydroxylation sites is 1. The van der Waals surface area contributed by atoms with E-state index < -0.39 is 5.82 Å². The zero-order valence-corrected chi connectivity index (χ0v) is 14.9. The number of aryl methyl sites for hydroxylation is 1. The summed E-state index contributed by atoms with van der Waals surface area (Å²) >= 11 is 0. The maximum atomic E-state index is 13.7. The molecule has 7 nitrogen and oxygen atoms in total. The van der Waals surface area contributed by atoms with Crippen LogP contribution in [0, 0.1) is 12.7 Å². The molecular weight excluding hydrogens is 337 g/mol. The van der Waals surface area contributed by atoms with Crippen molar-refractivity contribution in [1.29, 1.82) is 0 Å². The zero-order chi connectivity index (χ0) is 18.5. The Bertz CT molecular complexity index is 778. The molecule has 1 aromatic carbocycles. The van der Waals surface area contributed by atoms with E-state index in [1.165, 1.54) is 6.07 Å². The van der Waals surface area contributed by atoms with Crippen LogP contribution in [0.1, 0.15) is 12.7 Å². The van der Waals surface area contributed by atoms with Crippen LogP contribution in [0.15, 0.2) is 30.3 Å². The van der Waals surface area contributed by atoms with Crippen molar-refractivity contribution in [3.05, 3.63) is 42.0 Å². The van der Waals surface area contributed by atoms with Gasteiger partial charge in [-0.25, -0.2) is 14.2 Å². The van der Waals surface area contributed by atoms with Crippen LogP contribution < -0.4 is 15.0 Å². The van der Waals surface area contributed by atoms with Crippen molar-refractivity contribution >= 4 is 17.5 Å². The first-order valence-corrected chi connectivity index (χ1v) is 8.60. The second kappa shape index (κ2) is 7.99. The SMILES string of the molecule is CCOc1cc(N2CCN(C(=O)Nc3ccccc3F)CC2)nc(C)n1. The van der Waals surface area contributed by atoms with Gasteiger partial charge in [0.1, 0.15) is 17.5 Å². The minimum atomic E-state index is -0.445. The van der Waals surface area contributed by atoms with Crippen molar-refractivity contribution in [1.82, 2.24) is 14.9 Å². The highest BCUT2D eigenvalue weighted by molar-refractivity contribution is 5.89. The van der Waals surface area contributed by atoms with Gasteiger partial charge >= 0.3 is 6.03 Å². The summed E-state index contributed by atoms with van der Waals surface area (Å²) in [5.74, 6) is 1.54. The number of halogens is 1. The van der Waals surface area contributed by atoms with Crippen LogP contribution in [-0.2, 0) is 0 Å². The van der Waals surface area contributed by atoms with E-state index in [1.54, 1.807) is 23.1 Å². The molecule has 0 aliphatic carbocycles. The lowest BCUT2D eigenvalue weighted by Gasteiger charge is -2.35. The van der Waals surface area contributed by atoms with Crippen LogP contribution in [0.2, 0.25) is 0 Å². The van der Waals surface area contributed by atoms with E-state index in [0.29, 0.717) is 44.5 Å². The molecule has 1 aromatic heterocycles. The number of piperazine rings is 1. The van der Waals surface area contributed by atoms with Crippen LogP contribution >= 0.6 is 0 Å². The van der Waals surface area contributed by atoms with Gasteiger partial charge < -0.3 is 19.9 Å². The minimum Gasteiger partial charge on any atom is -0.478 e. The maximum Gasteiger partial charge on any atom is 0.322 e. The minimum absolute atomic E-state index is 0.188. The van der Waals surface area contributed by atoms with E-state index >= 15 is 0 Å². The summed E-state index contributed by atoms with van der Waals surface area (Å²) in [6.07, 6.45) is 0. The molecule has 2 heterocycles. The number of hydrogen-bond acceptors (Lipinski definition) is 5. The number of nitrogens with one attached hydrogen (secondary N) is 1. The number of hydrogen-bond donors (Lipinski definition) is 1. The molecule has 0 bridgehead atoms. The smallest absolute Gasteiger partial charge is 0.322 e. The van der Waals surface area contributed by atoms with Crippen molar-refractivity contribution < 1.29 is 13.9 Å². The molecule has 1 aliphatic rings. The Labute approximate surface area is 151 Å². The number of rotatable bonds is 4. The fourth-order valence-electron chi connectivity index (χ4n) is 2.80. The first kappa shape index (κ1) is 17.9. The number of nitrogens with zero attached hydrogens (tertiary/aromatic N) is 4. The average molecular weight is 359 g/mol. The number of carbonyl (C=O) groups excluding carboxylic acids is 1. The van der Waals surface area contributed by atoms with Gasteiger partial charge in [0.05, 0.1) is 12.3 Å². The van der Waals surface area contributed by atoms with Crippen LogP contribution in [0.4, 0.5) is 20.7 Å². The van der Waals surface area contributed by atoms with Crippen LogP contribution in [-0.4, -0.2) is 53.7 Å². The average Bonchev–Trinajstić information content (AvgIpc) is 2.63. The van der Waals surface area contributed by atoms with Crippen molar-refractivity contribution in [3.8, 4) is 5.88 Å². The monoisotopic (exact) mass is 359 g/mol. The van der Waals surface area contributed by atoms with Crippen LogP contribution in [0.25, 0.3) is 0 Å². The molecular formula is C18H22FN5O2. The largest absolute Gasteiger partial charge is 0.478 e. The molecule has 2 amide bonds. The number of benzene rings is 1. The third-order valence-corrected chi connectivity index (χ3v) is 4.10. The topological polar surface area (TPSA) is 70.6 Å². The number of ether oxygens (including phenoxy) is 1. The standard InChI is InChI=1S/C18H22FN5O2/c1-3-26-17-12-16(20-13(2)21-17)23-8-10-24(11-9-23)18(25)22-15-7-5-4-6-14(15)19/h4-7,12H,3,8-11H2,1-2H3,(H,22,25). The summed E-state index contributed by atoms with van der Waals surface area (Å²) in [5, 5.41) is 2.62. The second-order valence-electron chi connectivity index (χ2n) is 5.93. The molecule has 1 aliphatic heterocycles. The highest BCUT2D eigenvalue weighted by atomic mass is 19.1. The Balaban J connectivity index is 1.60. The lowest BCUT2D eigenvalue weighted by atomic mass is 10.3. The van der Waals surface area contributed by atoms with E-state index in [2.05, 4.69) is 20.2 Å². The summed E-state index contributed by atoms with van der Waals surface area (Å²) in [7, 11) is 0. The second-order valence-corrected chi connectivity index (χ2v) is 5.93. The van der Waals surface area contributed by atoms with E-state index in [-0.39, 0.29) is 11.7 Å². The van der Waals surface area contributed by atoms with Gasteiger partial charge in [0.2, 0.25) is 5.88 Å². The Morgan fingerprint density at radius 2 is 1.96 bits per heavy atom. The lowest BCUT2D eigenvalue weighted by Crippen LogP contribution is -2.50. The summed E-state index contributed by atoms with van der Waals surface area (Å²) in [5.41, 5.74) is 0.188. The summed E-state index contributed by atoms with van der Waals surface area (Å²) in [4.78, 5) is 24.8. The molecule has 3 rings (SSSR count). The van der Waals surface area contributed by atoms with Gasteiger partial charge in [-0.1, -0.05) is 12.1 Å². The van der Waals surface area contributed by atoms with Crippen molar-refractivity contribution in [2.45, 2.75) is 13.8 Å². The zero-order valence-electron chi connectivity index (χ0n) is 14.9. The van der Waals surface area contributed by atoms with Crippen LogP contribution in [0.5, 0.6) is 5.88 Å². The molecule has 1 N–H and O–H groups in total. The molecule has 0 spiro atoms. The normalized spacial score (nSPS) is 14.3. The number of anilines is 2. The Morgan fingerprint density at radius 1 is 1.23 bits per heavy atom. The van der Waals surface area contributed by atoms with Crippen LogP contribution in [0.3, 0.4) is 0 Å². The first-order chi connectivity index (χ1) is 12.6. The molecule has 0 unspecified atom stereocenters. The quantitative estimate of drug-likeness (QED) is 0.909. The van der Waals surface area contributed by atoms with Gasteiger partial charge in [-0.2, -0.15) is 4.98 Å². The number of amides is 2. The van der Waals surface area contributed by atoms with E-state index in [9.17, 15) is 9.18 Å².